The number of carbonyl (C=O) groups excluding carboxylic acids is 6. The van der Waals surface area contributed by atoms with E-state index < -0.39 is 12.1 Å². The van der Waals surface area contributed by atoms with E-state index in [2.05, 4.69) is 48.0 Å². The van der Waals surface area contributed by atoms with Gasteiger partial charge in [0, 0.05) is 82.1 Å². The number of unbranched alkanes of at least 4 members (excludes halogenated alkanes) is 9. The fraction of sp³-hybridized carbons (Fsp3) is 0.560. The van der Waals surface area contributed by atoms with Gasteiger partial charge in [0.15, 0.2) is 5.12 Å². The van der Waals surface area contributed by atoms with Gasteiger partial charge in [-0.15, -0.1) is 10.2 Å². The SMILES string of the molecule is CCCCCCCCCCCCSC(=O)CC[C@H](NC(=O)c1ccc(-n2ccnn2)cc1)C(=O)N1CCN(C)CC1.CN1CCN(C(=O)[C@H](CCC=O)NC(=O)c2ccc(-n3ccnn3)cc2)CC1. The van der Waals surface area contributed by atoms with Gasteiger partial charge in [-0.1, -0.05) is 86.9 Å². The van der Waals surface area contributed by atoms with Gasteiger partial charge in [-0.3, -0.25) is 24.0 Å². The molecule has 2 atom stereocenters. The molecule has 4 heterocycles. The second-order valence-electron chi connectivity index (χ2n) is 17.8. The first-order valence-corrected chi connectivity index (χ1v) is 25.6. The summed E-state index contributed by atoms with van der Waals surface area (Å²) in [5, 5.41) is 21.2. The van der Waals surface area contributed by atoms with Crippen molar-refractivity contribution in [1.29, 1.82) is 0 Å². The molecule has 2 aliphatic heterocycles. The minimum Gasteiger partial charge on any atom is -0.340 e. The molecule has 0 saturated carbocycles. The molecule has 4 amide bonds. The number of piperazine rings is 2. The Hall–Kier alpha value is -5.79. The number of nitrogens with one attached hydrogen (secondary N) is 2. The summed E-state index contributed by atoms with van der Waals surface area (Å²) in [6.45, 7) is 7.91. The van der Waals surface area contributed by atoms with E-state index >= 15 is 0 Å². The molecule has 2 aliphatic rings. The Labute approximate surface area is 411 Å². The Kier molecular flexibility index (Phi) is 23.5. The van der Waals surface area contributed by atoms with Crippen LogP contribution < -0.4 is 10.6 Å². The number of likely N-dealkylation sites (N-methyl/N-ethyl adjacent to an activating group) is 2. The maximum absolute atomic E-state index is 13.4. The largest absolute Gasteiger partial charge is 0.340 e. The second-order valence-corrected chi connectivity index (χ2v) is 18.9. The van der Waals surface area contributed by atoms with Gasteiger partial charge in [-0.2, -0.15) is 0 Å². The Morgan fingerprint density at radius 3 is 1.42 bits per heavy atom. The Balaban J connectivity index is 0.000000276. The van der Waals surface area contributed by atoms with E-state index in [9.17, 15) is 28.8 Å². The molecule has 6 rings (SSSR count). The number of aldehydes is 1. The minimum absolute atomic E-state index is 0.0866. The third kappa shape index (κ3) is 18.6. The van der Waals surface area contributed by atoms with Gasteiger partial charge in [-0.25, -0.2) is 9.36 Å². The second kappa shape index (κ2) is 30.0. The van der Waals surface area contributed by atoms with Crippen LogP contribution in [0.25, 0.3) is 11.4 Å². The normalized spacial score (nSPS) is 15.1. The number of benzene rings is 2. The van der Waals surface area contributed by atoms with Gasteiger partial charge in [0.05, 0.1) is 36.2 Å². The summed E-state index contributed by atoms with van der Waals surface area (Å²) < 4.78 is 3.20. The molecule has 69 heavy (non-hydrogen) atoms. The smallest absolute Gasteiger partial charge is 0.251 e. The number of amides is 4. The molecule has 0 spiro atoms. The van der Waals surface area contributed by atoms with Crippen molar-refractivity contribution >= 4 is 46.8 Å². The number of rotatable bonds is 25. The Morgan fingerprint density at radius 1 is 0.594 bits per heavy atom. The zero-order valence-electron chi connectivity index (χ0n) is 40.8. The highest BCUT2D eigenvalue weighted by Gasteiger charge is 2.30. The number of thioether (sulfide) groups is 1. The quantitative estimate of drug-likeness (QED) is 0.0648. The lowest BCUT2D eigenvalue weighted by Gasteiger charge is -2.34. The molecule has 19 heteroatoms. The number of hydrogen-bond donors (Lipinski definition) is 2. The Bertz CT molecular complexity index is 2140. The zero-order chi connectivity index (χ0) is 49.2. The lowest BCUT2D eigenvalue weighted by Crippen LogP contribution is -2.54. The van der Waals surface area contributed by atoms with Crippen LogP contribution in [0, 0.1) is 0 Å². The fourth-order valence-electron chi connectivity index (χ4n) is 8.06. The van der Waals surface area contributed by atoms with E-state index in [-0.39, 0.29) is 48.0 Å². The number of nitrogens with zero attached hydrogens (tertiary/aromatic N) is 10. The summed E-state index contributed by atoms with van der Waals surface area (Å²) in [4.78, 5) is 83.4. The summed E-state index contributed by atoms with van der Waals surface area (Å²) in [7, 11) is 4.05. The van der Waals surface area contributed by atoms with Gasteiger partial charge in [0.1, 0.15) is 18.4 Å². The molecule has 0 unspecified atom stereocenters. The van der Waals surface area contributed by atoms with E-state index in [1.165, 1.54) is 63.1 Å². The van der Waals surface area contributed by atoms with Crippen molar-refractivity contribution in [2.45, 2.75) is 109 Å². The highest BCUT2D eigenvalue weighted by Crippen LogP contribution is 2.18. The van der Waals surface area contributed by atoms with Crippen molar-refractivity contribution in [3.05, 3.63) is 84.4 Å². The first-order chi connectivity index (χ1) is 33.6. The lowest BCUT2D eigenvalue weighted by molar-refractivity contribution is -0.135. The standard InChI is InChI=1S/C31H48N6O3S.C19H24N6O3/c1-3-4-5-6-7-8-9-10-11-12-25-41-29(38)18-17-28(31(40)36-23-21-35(2)22-24-36)33-30(39)26-13-15-27(16-14-26)37-20-19-32-34-37;1-23-10-12-24(13-11-23)19(28)17(3-2-14-26)21-18(27)15-4-6-16(7-5-15)25-9-8-20-22-25/h13-16,19-20,28H,3-12,17-18,21-25H2,1-2H3,(H,33,39);4-9,14,17H,2-3,10-13H2,1H3,(H,21,27)/t28-;17-/m00/s1. The zero-order valence-corrected chi connectivity index (χ0v) is 41.6. The summed E-state index contributed by atoms with van der Waals surface area (Å²) in [5.41, 5.74) is 2.45. The van der Waals surface area contributed by atoms with Gasteiger partial charge in [0.2, 0.25) is 11.8 Å². The van der Waals surface area contributed by atoms with E-state index in [1.807, 2.05) is 14.1 Å². The van der Waals surface area contributed by atoms with Crippen molar-refractivity contribution in [1.82, 2.24) is 60.2 Å². The number of carbonyl (C=O) groups is 6. The molecule has 2 saturated heterocycles. The third-order valence-electron chi connectivity index (χ3n) is 12.4. The molecule has 2 aromatic heterocycles. The molecule has 18 nitrogen and oxygen atoms in total. The molecular weight excluding hydrogens is 897 g/mol. The van der Waals surface area contributed by atoms with Crippen molar-refractivity contribution in [3.8, 4) is 11.4 Å². The van der Waals surface area contributed by atoms with E-state index in [1.54, 1.807) is 92.5 Å². The molecule has 2 aromatic carbocycles. The maximum atomic E-state index is 13.4. The van der Waals surface area contributed by atoms with E-state index in [4.69, 9.17) is 0 Å². The summed E-state index contributed by atoms with van der Waals surface area (Å²) in [6, 6.07) is 12.4. The average Bonchev–Trinajstić information content (AvgIpc) is 4.13. The van der Waals surface area contributed by atoms with Crippen LogP contribution >= 0.6 is 11.8 Å². The number of aromatic nitrogens is 6. The monoisotopic (exact) mass is 969 g/mol. The molecule has 0 aliphatic carbocycles. The predicted molar refractivity (Wildman–Crippen MR) is 267 cm³/mol. The molecule has 374 valence electrons. The summed E-state index contributed by atoms with van der Waals surface area (Å²) in [5.74, 6) is -0.103. The van der Waals surface area contributed by atoms with Crippen molar-refractivity contribution in [2.24, 2.45) is 0 Å². The van der Waals surface area contributed by atoms with Crippen LogP contribution in [0.2, 0.25) is 0 Å². The van der Waals surface area contributed by atoms with E-state index in [0.717, 1.165) is 62.4 Å². The summed E-state index contributed by atoms with van der Waals surface area (Å²) in [6.07, 6.45) is 21.2. The van der Waals surface area contributed by atoms with Crippen LogP contribution in [0.3, 0.4) is 0 Å². The van der Waals surface area contributed by atoms with Crippen LogP contribution in [0.15, 0.2) is 73.3 Å². The van der Waals surface area contributed by atoms with E-state index in [0.29, 0.717) is 43.7 Å². The highest BCUT2D eigenvalue weighted by molar-refractivity contribution is 8.13. The first kappa shape index (κ1) is 54.2. The molecule has 2 fully saturated rings. The van der Waals surface area contributed by atoms with Crippen LogP contribution in [0.5, 0.6) is 0 Å². The average molecular weight is 969 g/mol. The molecule has 4 aromatic rings. The molecule has 0 radical (unpaired) electrons. The molecule has 2 N–H and O–H groups in total. The van der Waals surface area contributed by atoms with Crippen LogP contribution in [0.4, 0.5) is 0 Å². The van der Waals surface area contributed by atoms with Crippen molar-refractivity contribution in [2.75, 3.05) is 72.2 Å². The first-order valence-electron chi connectivity index (χ1n) is 24.7. The van der Waals surface area contributed by atoms with Crippen LogP contribution in [0.1, 0.15) is 118 Å². The third-order valence-corrected chi connectivity index (χ3v) is 13.5. The maximum Gasteiger partial charge on any atom is 0.251 e. The van der Waals surface area contributed by atoms with Crippen LogP contribution in [-0.2, 0) is 19.2 Å². The lowest BCUT2D eigenvalue weighted by atomic mass is 10.1. The predicted octanol–water partition coefficient (Wildman–Crippen LogP) is 5.22. The molecule has 0 bridgehead atoms. The van der Waals surface area contributed by atoms with Gasteiger partial charge in [0.25, 0.3) is 11.8 Å². The minimum atomic E-state index is -0.734. The van der Waals surface area contributed by atoms with Crippen molar-refractivity contribution in [3.63, 3.8) is 0 Å². The highest BCUT2D eigenvalue weighted by atomic mass is 32.2. The fourth-order valence-corrected chi connectivity index (χ4v) is 8.90. The van der Waals surface area contributed by atoms with Crippen LogP contribution in [-0.4, -0.2) is 169 Å². The van der Waals surface area contributed by atoms with Crippen molar-refractivity contribution < 1.29 is 28.8 Å². The number of hydrogen-bond acceptors (Lipinski definition) is 13. The van der Waals surface area contributed by atoms with Gasteiger partial charge < -0.3 is 35.0 Å². The topological polar surface area (TPSA) is 201 Å². The Morgan fingerprint density at radius 2 is 1.01 bits per heavy atom. The van der Waals surface area contributed by atoms with Gasteiger partial charge >= 0.3 is 0 Å². The molecular formula is C50H72N12O6S. The van der Waals surface area contributed by atoms with Gasteiger partial charge in [-0.05, 0) is 81.9 Å². The summed E-state index contributed by atoms with van der Waals surface area (Å²) >= 11 is 1.36.